The van der Waals surface area contributed by atoms with Gasteiger partial charge in [0.1, 0.15) is 0 Å². The van der Waals surface area contributed by atoms with Crippen molar-refractivity contribution in [2.75, 3.05) is 13.1 Å². The molecule has 0 amide bonds. The SMILES string of the molecule is C.CC.CC1CCNCC1. The quantitative estimate of drug-likeness (QED) is 0.552. The van der Waals surface area contributed by atoms with Crippen molar-refractivity contribution < 1.29 is 0 Å². The van der Waals surface area contributed by atoms with Gasteiger partial charge in [-0.1, -0.05) is 28.2 Å². The summed E-state index contributed by atoms with van der Waals surface area (Å²) in [6, 6.07) is 0. The maximum Gasteiger partial charge on any atom is -0.00464 e. The zero-order valence-electron chi connectivity index (χ0n) is 6.91. The van der Waals surface area contributed by atoms with Crippen LogP contribution < -0.4 is 5.32 Å². The molecule has 0 bridgehead atoms. The Morgan fingerprint density at radius 2 is 1.50 bits per heavy atom. The Morgan fingerprint density at radius 1 is 1.10 bits per heavy atom. The van der Waals surface area contributed by atoms with Crippen molar-refractivity contribution in [1.82, 2.24) is 5.32 Å². The van der Waals surface area contributed by atoms with Crippen LogP contribution in [0.25, 0.3) is 0 Å². The van der Waals surface area contributed by atoms with E-state index in [1.54, 1.807) is 0 Å². The predicted octanol–water partition coefficient (Wildman–Crippen LogP) is 2.67. The molecule has 1 rings (SSSR count). The van der Waals surface area contributed by atoms with E-state index in [2.05, 4.69) is 12.2 Å². The highest BCUT2D eigenvalue weighted by atomic mass is 14.9. The van der Waals surface area contributed by atoms with Crippen LogP contribution in [0.15, 0.2) is 0 Å². The van der Waals surface area contributed by atoms with E-state index in [0.717, 1.165) is 5.92 Å². The fourth-order valence-electron chi connectivity index (χ4n) is 0.966. The third-order valence-electron chi connectivity index (χ3n) is 1.63. The van der Waals surface area contributed by atoms with Crippen LogP contribution in [0.5, 0.6) is 0 Å². The van der Waals surface area contributed by atoms with Crippen LogP contribution >= 0.6 is 0 Å². The summed E-state index contributed by atoms with van der Waals surface area (Å²) in [7, 11) is 0. The van der Waals surface area contributed by atoms with E-state index >= 15 is 0 Å². The average Bonchev–Trinajstić information content (AvgIpc) is 1.94. The first-order valence-electron chi connectivity index (χ1n) is 4.10. The standard InChI is InChI=1S/C6H13N.C2H6.CH4/c1-6-2-4-7-5-3-6;1-2;/h6-7H,2-5H2,1H3;1-2H3;1H4. The molecule has 1 N–H and O–H groups in total. The second kappa shape index (κ2) is 8.96. The summed E-state index contributed by atoms with van der Waals surface area (Å²) < 4.78 is 0. The maximum atomic E-state index is 3.32. The second-order valence-corrected chi connectivity index (χ2v) is 2.43. The van der Waals surface area contributed by atoms with Crippen molar-refractivity contribution in [1.29, 1.82) is 0 Å². The van der Waals surface area contributed by atoms with E-state index in [-0.39, 0.29) is 7.43 Å². The summed E-state index contributed by atoms with van der Waals surface area (Å²) in [5.74, 6) is 0.973. The Kier molecular flexibility index (Phi) is 11.3. The first-order valence-corrected chi connectivity index (χ1v) is 4.10. The summed E-state index contributed by atoms with van der Waals surface area (Å²) in [5.41, 5.74) is 0. The van der Waals surface area contributed by atoms with E-state index in [1.807, 2.05) is 13.8 Å². The molecule has 1 heterocycles. The number of nitrogens with one attached hydrogen (secondary N) is 1. The number of hydrogen-bond donors (Lipinski definition) is 1. The summed E-state index contributed by atoms with van der Waals surface area (Å²) >= 11 is 0. The molecule has 1 aliphatic rings. The lowest BCUT2D eigenvalue weighted by Gasteiger charge is -2.17. The molecule has 1 heteroatoms. The lowest BCUT2D eigenvalue weighted by molar-refractivity contribution is 0.402. The molecule has 1 saturated heterocycles. The van der Waals surface area contributed by atoms with Gasteiger partial charge in [0.25, 0.3) is 0 Å². The van der Waals surface area contributed by atoms with Gasteiger partial charge in [0.2, 0.25) is 0 Å². The summed E-state index contributed by atoms with van der Waals surface area (Å²) in [5, 5.41) is 3.32. The highest BCUT2D eigenvalue weighted by Crippen LogP contribution is 2.08. The zero-order valence-corrected chi connectivity index (χ0v) is 6.91. The molecule has 0 aliphatic carbocycles. The van der Waals surface area contributed by atoms with Gasteiger partial charge in [0.15, 0.2) is 0 Å². The molecule has 0 saturated carbocycles. The van der Waals surface area contributed by atoms with Gasteiger partial charge in [-0.05, 0) is 31.8 Å². The largest absolute Gasteiger partial charge is 0.317 e. The van der Waals surface area contributed by atoms with Crippen molar-refractivity contribution in [3.05, 3.63) is 0 Å². The monoisotopic (exact) mass is 145 g/mol. The van der Waals surface area contributed by atoms with Crippen LogP contribution in [-0.2, 0) is 0 Å². The number of rotatable bonds is 0. The summed E-state index contributed by atoms with van der Waals surface area (Å²) in [6.07, 6.45) is 2.75. The van der Waals surface area contributed by atoms with Gasteiger partial charge in [-0.25, -0.2) is 0 Å². The number of piperidine rings is 1. The number of hydrogen-bond acceptors (Lipinski definition) is 1. The molecular weight excluding hydrogens is 122 g/mol. The summed E-state index contributed by atoms with van der Waals surface area (Å²) in [6.45, 7) is 8.79. The lowest BCUT2D eigenvalue weighted by atomic mass is 10.0. The first-order chi connectivity index (χ1) is 4.39. The Morgan fingerprint density at radius 3 is 1.70 bits per heavy atom. The molecule has 1 aliphatic heterocycles. The molecular formula is C9H23N. The molecule has 0 aromatic heterocycles. The van der Waals surface area contributed by atoms with E-state index in [4.69, 9.17) is 0 Å². The van der Waals surface area contributed by atoms with Crippen molar-refractivity contribution in [3.8, 4) is 0 Å². The minimum absolute atomic E-state index is 0. The fourth-order valence-corrected chi connectivity index (χ4v) is 0.966. The van der Waals surface area contributed by atoms with Gasteiger partial charge in [0, 0.05) is 0 Å². The molecule has 0 spiro atoms. The normalized spacial score (nSPS) is 18.3. The van der Waals surface area contributed by atoms with Crippen LogP contribution in [0, 0.1) is 5.92 Å². The molecule has 64 valence electrons. The molecule has 1 fully saturated rings. The molecule has 10 heavy (non-hydrogen) atoms. The average molecular weight is 145 g/mol. The third kappa shape index (κ3) is 6.09. The molecule has 0 unspecified atom stereocenters. The van der Waals surface area contributed by atoms with Crippen molar-refractivity contribution >= 4 is 0 Å². The van der Waals surface area contributed by atoms with Gasteiger partial charge in [-0.2, -0.15) is 0 Å². The Labute approximate surface area is 66.2 Å². The van der Waals surface area contributed by atoms with Gasteiger partial charge >= 0.3 is 0 Å². The Balaban J connectivity index is 0. The Hall–Kier alpha value is -0.0400. The minimum Gasteiger partial charge on any atom is -0.317 e. The minimum atomic E-state index is 0. The van der Waals surface area contributed by atoms with Gasteiger partial charge in [-0.3, -0.25) is 0 Å². The second-order valence-electron chi connectivity index (χ2n) is 2.43. The fraction of sp³-hybridized carbons (Fsp3) is 1.00. The summed E-state index contributed by atoms with van der Waals surface area (Å²) in [4.78, 5) is 0. The van der Waals surface area contributed by atoms with Crippen LogP contribution in [-0.4, -0.2) is 13.1 Å². The van der Waals surface area contributed by atoms with Crippen LogP contribution in [0.3, 0.4) is 0 Å². The Bertz CT molecular complexity index is 46.7. The van der Waals surface area contributed by atoms with E-state index in [1.165, 1.54) is 25.9 Å². The lowest BCUT2D eigenvalue weighted by Crippen LogP contribution is -2.26. The van der Waals surface area contributed by atoms with E-state index in [0.29, 0.717) is 0 Å². The molecule has 0 aromatic carbocycles. The molecule has 1 nitrogen and oxygen atoms in total. The third-order valence-corrected chi connectivity index (χ3v) is 1.63. The van der Waals surface area contributed by atoms with E-state index in [9.17, 15) is 0 Å². The molecule has 0 atom stereocenters. The zero-order chi connectivity index (χ0) is 7.11. The molecule has 0 radical (unpaired) electrons. The molecule has 0 aromatic rings. The maximum absolute atomic E-state index is 3.32. The van der Waals surface area contributed by atoms with Gasteiger partial charge < -0.3 is 5.32 Å². The van der Waals surface area contributed by atoms with Crippen LogP contribution in [0.2, 0.25) is 0 Å². The smallest absolute Gasteiger partial charge is 0.00464 e. The van der Waals surface area contributed by atoms with Crippen LogP contribution in [0.1, 0.15) is 41.0 Å². The highest BCUT2D eigenvalue weighted by Gasteiger charge is 2.04. The van der Waals surface area contributed by atoms with Gasteiger partial charge in [0.05, 0.1) is 0 Å². The van der Waals surface area contributed by atoms with Crippen molar-refractivity contribution in [2.45, 2.75) is 41.0 Å². The highest BCUT2D eigenvalue weighted by molar-refractivity contribution is 4.62. The van der Waals surface area contributed by atoms with Crippen LogP contribution in [0.4, 0.5) is 0 Å². The topological polar surface area (TPSA) is 12.0 Å². The van der Waals surface area contributed by atoms with E-state index < -0.39 is 0 Å². The first kappa shape index (κ1) is 12.6. The predicted molar refractivity (Wildman–Crippen MR) is 49.3 cm³/mol. The van der Waals surface area contributed by atoms with Crippen molar-refractivity contribution in [2.24, 2.45) is 5.92 Å². The van der Waals surface area contributed by atoms with Crippen molar-refractivity contribution in [3.63, 3.8) is 0 Å². The van der Waals surface area contributed by atoms with Gasteiger partial charge in [-0.15, -0.1) is 0 Å².